The van der Waals surface area contributed by atoms with Gasteiger partial charge in [0.05, 0.1) is 0 Å². The molecule has 0 saturated heterocycles. The molecule has 0 spiro atoms. The van der Waals surface area contributed by atoms with Crippen LogP contribution in [0.2, 0.25) is 0 Å². The van der Waals surface area contributed by atoms with E-state index in [4.69, 9.17) is 5.73 Å². The Morgan fingerprint density at radius 2 is 2.35 bits per heavy atom. The number of aromatic nitrogens is 1. The standard InChI is InChI=1S/C14H23N3/c1-2-16-13-7-3-5-11(10-13)9-12-6-4-8-17-14(12)15/h4,6,8,11,13,16H,2-3,5,7,9-10H2,1H3,(H2,15,17). The van der Waals surface area contributed by atoms with Crippen LogP contribution >= 0.6 is 0 Å². The summed E-state index contributed by atoms with van der Waals surface area (Å²) in [6.45, 7) is 3.26. The highest BCUT2D eigenvalue weighted by Gasteiger charge is 2.21. The van der Waals surface area contributed by atoms with E-state index < -0.39 is 0 Å². The summed E-state index contributed by atoms with van der Waals surface area (Å²) in [6.07, 6.45) is 8.12. The molecule has 0 aromatic carbocycles. The summed E-state index contributed by atoms with van der Waals surface area (Å²) in [7, 11) is 0. The van der Waals surface area contributed by atoms with E-state index in [1.165, 1.54) is 31.2 Å². The number of nitrogens with two attached hydrogens (primary N) is 1. The molecule has 17 heavy (non-hydrogen) atoms. The smallest absolute Gasteiger partial charge is 0.126 e. The fraction of sp³-hybridized carbons (Fsp3) is 0.643. The van der Waals surface area contributed by atoms with Crippen LogP contribution in [0.25, 0.3) is 0 Å². The zero-order valence-electron chi connectivity index (χ0n) is 10.7. The lowest BCUT2D eigenvalue weighted by atomic mass is 9.82. The Morgan fingerprint density at radius 3 is 3.12 bits per heavy atom. The van der Waals surface area contributed by atoms with E-state index in [1.807, 2.05) is 6.07 Å². The van der Waals surface area contributed by atoms with Gasteiger partial charge in [-0.25, -0.2) is 4.98 Å². The zero-order chi connectivity index (χ0) is 12.1. The third-order valence-electron chi connectivity index (χ3n) is 3.71. The Labute approximate surface area is 104 Å². The van der Waals surface area contributed by atoms with Gasteiger partial charge in [0.2, 0.25) is 0 Å². The second kappa shape index (κ2) is 6.01. The highest BCUT2D eigenvalue weighted by molar-refractivity contribution is 5.38. The van der Waals surface area contributed by atoms with Gasteiger partial charge >= 0.3 is 0 Å². The normalized spacial score (nSPS) is 24.8. The second-order valence-corrected chi connectivity index (χ2v) is 5.04. The van der Waals surface area contributed by atoms with Crippen molar-refractivity contribution in [3.8, 4) is 0 Å². The van der Waals surface area contributed by atoms with Crippen molar-refractivity contribution in [3.05, 3.63) is 23.9 Å². The van der Waals surface area contributed by atoms with E-state index in [-0.39, 0.29) is 0 Å². The van der Waals surface area contributed by atoms with E-state index in [9.17, 15) is 0 Å². The van der Waals surface area contributed by atoms with Gasteiger partial charge in [-0.2, -0.15) is 0 Å². The summed E-state index contributed by atoms with van der Waals surface area (Å²) in [5.41, 5.74) is 7.12. The molecule has 3 heteroatoms. The predicted octanol–water partition coefficient (Wildman–Crippen LogP) is 2.37. The Bertz CT molecular complexity index is 349. The van der Waals surface area contributed by atoms with E-state index >= 15 is 0 Å². The van der Waals surface area contributed by atoms with Crippen LogP contribution in [0.15, 0.2) is 18.3 Å². The van der Waals surface area contributed by atoms with Crippen molar-refractivity contribution in [3.63, 3.8) is 0 Å². The van der Waals surface area contributed by atoms with Crippen LogP contribution in [0.4, 0.5) is 5.82 Å². The van der Waals surface area contributed by atoms with Crippen LogP contribution in [-0.2, 0) is 6.42 Å². The molecular formula is C14H23N3. The van der Waals surface area contributed by atoms with Crippen LogP contribution in [0.5, 0.6) is 0 Å². The maximum absolute atomic E-state index is 5.90. The number of anilines is 1. The number of hydrogen-bond acceptors (Lipinski definition) is 3. The Morgan fingerprint density at radius 1 is 1.47 bits per heavy atom. The van der Waals surface area contributed by atoms with Gasteiger partial charge in [0.25, 0.3) is 0 Å². The maximum Gasteiger partial charge on any atom is 0.126 e. The van der Waals surface area contributed by atoms with Crippen molar-refractivity contribution in [2.45, 2.75) is 45.1 Å². The molecule has 1 aliphatic carbocycles. The summed E-state index contributed by atoms with van der Waals surface area (Å²) in [5.74, 6) is 1.47. The maximum atomic E-state index is 5.90. The van der Waals surface area contributed by atoms with Gasteiger partial charge in [0, 0.05) is 12.2 Å². The van der Waals surface area contributed by atoms with Crippen molar-refractivity contribution >= 4 is 5.82 Å². The van der Waals surface area contributed by atoms with Gasteiger partial charge in [-0.3, -0.25) is 0 Å². The van der Waals surface area contributed by atoms with Crippen molar-refractivity contribution in [2.75, 3.05) is 12.3 Å². The molecule has 2 atom stereocenters. The fourth-order valence-corrected chi connectivity index (χ4v) is 2.88. The average molecular weight is 233 g/mol. The van der Waals surface area contributed by atoms with Crippen LogP contribution < -0.4 is 11.1 Å². The van der Waals surface area contributed by atoms with Gasteiger partial charge in [0.15, 0.2) is 0 Å². The molecule has 0 aliphatic heterocycles. The number of rotatable bonds is 4. The largest absolute Gasteiger partial charge is 0.383 e. The summed E-state index contributed by atoms with van der Waals surface area (Å²) >= 11 is 0. The van der Waals surface area contributed by atoms with Crippen LogP contribution in [0, 0.1) is 5.92 Å². The Balaban J connectivity index is 1.92. The highest BCUT2D eigenvalue weighted by atomic mass is 14.9. The molecule has 2 rings (SSSR count). The molecule has 1 heterocycles. The van der Waals surface area contributed by atoms with Crippen molar-refractivity contribution in [2.24, 2.45) is 5.92 Å². The number of nitrogens with zero attached hydrogens (tertiary/aromatic N) is 1. The number of pyridine rings is 1. The second-order valence-electron chi connectivity index (χ2n) is 5.04. The molecule has 1 aromatic heterocycles. The predicted molar refractivity (Wildman–Crippen MR) is 71.8 cm³/mol. The van der Waals surface area contributed by atoms with Gasteiger partial charge in [0.1, 0.15) is 5.82 Å². The molecule has 1 saturated carbocycles. The number of nitrogen functional groups attached to an aromatic ring is 1. The van der Waals surface area contributed by atoms with E-state index in [2.05, 4.69) is 23.3 Å². The zero-order valence-corrected chi connectivity index (χ0v) is 10.7. The van der Waals surface area contributed by atoms with Gasteiger partial charge < -0.3 is 11.1 Å². The lowest BCUT2D eigenvalue weighted by molar-refractivity contribution is 0.287. The molecule has 1 aromatic rings. The van der Waals surface area contributed by atoms with Gasteiger partial charge in [-0.1, -0.05) is 25.8 Å². The molecule has 0 amide bonds. The quantitative estimate of drug-likeness (QED) is 0.839. The Hall–Kier alpha value is -1.09. The van der Waals surface area contributed by atoms with Gasteiger partial charge in [-0.15, -0.1) is 0 Å². The van der Waals surface area contributed by atoms with Crippen LogP contribution in [-0.4, -0.2) is 17.6 Å². The fourth-order valence-electron chi connectivity index (χ4n) is 2.88. The lowest BCUT2D eigenvalue weighted by Crippen LogP contribution is -2.34. The average Bonchev–Trinajstić information content (AvgIpc) is 2.33. The molecule has 1 fully saturated rings. The SMILES string of the molecule is CCNC1CCCC(Cc2cccnc2N)C1. The van der Waals surface area contributed by atoms with E-state index in [0.717, 1.165) is 18.9 Å². The monoisotopic (exact) mass is 233 g/mol. The van der Waals surface area contributed by atoms with E-state index in [0.29, 0.717) is 11.9 Å². The first-order chi connectivity index (χ1) is 8.29. The molecule has 3 nitrogen and oxygen atoms in total. The molecule has 3 N–H and O–H groups in total. The van der Waals surface area contributed by atoms with E-state index in [1.54, 1.807) is 6.20 Å². The highest BCUT2D eigenvalue weighted by Crippen LogP contribution is 2.28. The third kappa shape index (κ3) is 3.43. The Kier molecular flexibility index (Phi) is 4.37. The van der Waals surface area contributed by atoms with Crippen molar-refractivity contribution in [1.82, 2.24) is 10.3 Å². The minimum Gasteiger partial charge on any atom is -0.383 e. The molecular weight excluding hydrogens is 210 g/mol. The van der Waals surface area contributed by atoms with Crippen LogP contribution in [0.1, 0.15) is 38.2 Å². The first kappa shape index (κ1) is 12.4. The first-order valence-corrected chi connectivity index (χ1v) is 6.72. The van der Waals surface area contributed by atoms with Crippen molar-refractivity contribution < 1.29 is 0 Å². The summed E-state index contributed by atoms with van der Waals surface area (Å²) in [4.78, 5) is 4.16. The third-order valence-corrected chi connectivity index (χ3v) is 3.71. The topological polar surface area (TPSA) is 50.9 Å². The molecule has 2 unspecified atom stereocenters. The molecule has 1 aliphatic rings. The minimum absolute atomic E-state index is 0.705. The minimum atomic E-state index is 0.705. The number of nitrogens with one attached hydrogen (secondary N) is 1. The van der Waals surface area contributed by atoms with Crippen LogP contribution in [0.3, 0.4) is 0 Å². The molecule has 0 bridgehead atoms. The molecule has 94 valence electrons. The van der Waals surface area contributed by atoms with Gasteiger partial charge in [-0.05, 0) is 43.4 Å². The summed E-state index contributed by atoms with van der Waals surface area (Å²) in [6, 6.07) is 4.80. The summed E-state index contributed by atoms with van der Waals surface area (Å²) < 4.78 is 0. The number of hydrogen-bond donors (Lipinski definition) is 2. The first-order valence-electron chi connectivity index (χ1n) is 6.72. The summed E-state index contributed by atoms with van der Waals surface area (Å²) in [5, 5.41) is 3.57. The lowest BCUT2D eigenvalue weighted by Gasteiger charge is -2.29. The molecule has 0 radical (unpaired) electrons. The van der Waals surface area contributed by atoms with Crippen molar-refractivity contribution in [1.29, 1.82) is 0 Å².